The molecule has 0 saturated carbocycles. The normalized spacial score (nSPS) is 23.5. The lowest BCUT2D eigenvalue weighted by Crippen LogP contribution is -2.56. The molecule has 3 rings (SSSR count). The summed E-state index contributed by atoms with van der Waals surface area (Å²) in [5.41, 5.74) is 15.6. The predicted octanol–water partition coefficient (Wildman–Crippen LogP) is 4.35. The molecule has 0 amide bonds. The lowest BCUT2D eigenvalue weighted by Gasteiger charge is -2.48. The van der Waals surface area contributed by atoms with E-state index in [9.17, 15) is 0 Å². The van der Waals surface area contributed by atoms with E-state index < -0.39 is 0 Å². The van der Waals surface area contributed by atoms with Crippen molar-refractivity contribution in [2.45, 2.75) is 65.1 Å². The number of anilines is 1. The van der Waals surface area contributed by atoms with Crippen LogP contribution in [0.5, 0.6) is 0 Å². The van der Waals surface area contributed by atoms with Crippen molar-refractivity contribution in [3.63, 3.8) is 0 Å². The molecule has 2 heterocycles. The number of rotatable bonds is 6. The molecule has 2 atom stereocenters. The smallest absolute Gasteiger partial charge is 0.124 e. The first kappa shape index (κ1) is 20.8. The molecular formula is C24H36N4. The predicted molar refractivity (Wildman–Crippen MR) is 119 cm³/mol. The molecule has 28 heavy (non-hydrogen) atoms. The Morgan fingerprint density at radius 1 is 0.964 bits per heavy atom. The number of hydrogen-bond acceptors (Lipinski definition) is 4. The summed E-state index contributed by atoms with van der Waals surface area (Å²) in [5, 5.41) is 0. The fourth-order valence-corrected chi connectivity index (χ4v) is 4.59. The summed E-state index contributed by atoms with van der Waals surface area (Å²) in [6, 6.07) is 16.0. The Balaban J connectivity index is 1.70. The summed E-state index contributed by atoms with van der Waals surface area (Å²) >= 11 is 0. The summed E-state index contributed by atoms with van der Waals surface area (Å²) < 4.78 is 0. The van der Waals surface area contributed by atoms with Crippen LogP contribution in [0.15, 0.2) is 42.5 Å². The second kappa shape index (κ2) is 9.06. The minimum atomic E-state index is 0.334. The molecule has 1 fully saturated rings. The van der Waals surface area contributed by atoms with E-state index in [0.29, 0.717) is 35.8 Å². The molecule has 4 heteroatoms. The lowest BCUT2D eigenvalue weighted by molar-refractivity contribution is 0.0250. The van der Waals surface area contributed by atoms with Crippen molar-refractivity contribution >= 4 is 5.82 Å². The monoisotopic (exact) mass is 380 g/mol. The third-order valence-corrected chi connectivity index (χ3v) is 6.16. The minimum Gasteiger partial charge on any atom is -0.384 e. The van der Waals surface area contributed by atoms with Crippen LogP contribution in [-0.4, -0.2) is 34.6 Å². The average Bonchev–Trinajstić information content (AvgIpc) is 2.66. The molecule has 0 bridgehead atoms. The van der Waals surface area contributed by atoms with E-state index in [2.05, 4.69) is 61.8 Å². The summed E-state index contributed by atoms with van der Waals surface area (Å²) in [5.74, 6) is 1.82. The zero-order valence-corrected chi connectivity index (χ0v) is 17.8. The Morgan fingerprint density at radius 2 is 1.57 bits per heavy atom. The zero-order chi connectivity index (χ0) is 20.3. The van der Waals surface area contributed by atoms with Crippen LogP contribution in [0.3, 0.4) is 0 Å². The van der Waals surface area contributed by atoms with E-state index in [1.165, 1.54) is 5.56 Å². The van der Waals surface area contributed by atoms with Crippen LogP contribution in [0.25, 0.3) is 11.3 Å². The van der Waals surface area contributed by atoms with Crippen LogP contribution in [0.1, 0.15) is 46.1 Å². The van der Waals surface area contributed by atoms with Gasteiger partial charge in [0, 0.05) is 30.2 Å². The number of piperidine rings is 1. The largest absolute Gasteiger partial charge is 0.384 e. The van der Waals surface area contributed by atoms with Gasteiger partial charge in [-0.3, -0.25) is 4.90 Å². The van der Waals surface area contributed by atoms with Crippen molar-refractivity contribution in [3.8, 4) is 11.3 Å². The van der Waals surface area contributed by atoms with Gasteiger partial charge in [-0.05, 0) is 48.8 Å². The quantitative estimate of drug-likeness (QED) is 0.782. The van der Waals surface area contributed by atoms with Gasteiger partial charge in [-0.15, -0.1) is 0 Å². The highest BCUT2D eigenvalue weighted by Gasteiger charge is 2.36. The number of hydrogen-bond donors (Lipinski definition) is 2. The maximum absolute atomic E-state index is 6.40. The Hall–Kier alpha value is -1.91. The second-order valence-corrected chi connectivity index (χ2v) is 8.99. The summed E-state index contributed by atoms with van der Waals surface area (Å²) in [7, 11) is 0. The van der Waals surface area contributed by atoms with Gasteiger partial charge >= 0.3 is 0 Å². The summed E-state index contributed by atoms with van der Waals surface area (Å²) in [6.45, 7) is 10.4. The first-order chi connectivity index (χ1) is 13.3. The Kier molecular flexibility index (Phi) is 6.73. The fourth-order valence-electron chi connectivity index (χ4n) is 4.59. The fraction of sp³-hybridized carbons (Fsp3) is 0.542. The van der Waals surface area contributed by atoms with Crippen molar-refractivity contribution in [1.82, 2.24) is 9.88 Å². The molecule has 2 unspecified atom stereocenters. The molecule has 1 aromatic heterocycles. The molecule has 1 saturated heterocycles. The second-order valence-electron chi connectivity index (χ2n) is 8.99. The first-order valence-electron chi connectivity index (χ1n) is 10.7. The third-order valence-electron chi connectivity index (χ3n) is 6.16. The van der Waals surface area contributed by atoms with Gasteiger partial charge < -0.3 is 11.5 Å². The molecule has 0 spiro atoms. The van der Waals surface area contributed by atoms with Crippen LogP contribution < -0.4 is 11.5 Å². The van der Waals surface area contributed by atoms with Gasteiger partial charge in [-0.1, -0.05) is 58.0 Å². The molecule has 1 aliphatic rings. The lowest BCUT2D eigenvalue weighted by atomic mass is 9.82. The number of nitrogens with two attached hydrogens (primary N) is 2. The number of nitrogen functional groups attached to an aromatic ring is 1. The topological polar surface area (TPSA) is 68.2 Å². The van der Waals surface area contributed by atoms with Crippen LogP contribution in [-0.2, 0) is 6.42 Å². The van der Waals surface area contributed by atoms with Gasteiger partial charge in [0.2, 0.25) is 0 Å². The molecule has 1 aromatic carbocycles. The molecule has 0 aliphatic carbocycles. The maximum atomic E-state index is 6.40. The standard InChI is InChI=1S/C24H36N4/c1-16(2)22-14-20(25)15-23(17(3)4)28(22)13-12-18-8-10-19(11-9-18)21-6-5-7-24(26)27-21/h5-11,16-17,20,22-23H,12-15,25H2,1-4H3,(H2,26,27). The third kappa shape index (κ3) is 4.92. The van der Waals surface area contributed by atoms with Gasteiger partial charge in [0.1, 0.15) is 5.82 Å². The Morgan fingerprint density at radius 3 is 2.11 bits per heavy atom. The van der Waals surface area contributed by atoms with Crippen LogP contribution in [0, 0.1) is 11.8 Å². The van der Waals surface area contributed by atoms with Gasteiger partial charge in [-0.25, -0.2) is 4.98 Å². The number of likely N-dealkylation sites (tertiary alicyclic amines) is 1. The highest BCUT2D eigenvalue weighted by atomic mass is 15.2. The van der Waals surface area contributed by atoms with Crippen molar-refractivity contribution in [2.24, 2.45) is 17.6 Å². The van der Waals surface area contributed by atoms with Crippen LogP contribution in [0.4, 0.5) is 5.82 Å². The summed E-state index contributed by atoms with van der Waals surface area (Å²) in [4.78, 5) is 7.16. The number of benzene rings is 1. The maximum Gasteiger partial charge on any atom is 0.124 e. The zero-order valence-electron chi connectivity index (χ0n) is 17.8. The molecule has 152 valence electrons. The molecule has 0 radical (unpaired) electrons. The van der Waals surface area contributed by atoms with E-state index >= 15 is 0 Å². The van der Waals surface area contributed by atoms with E-state index in [1.54, 1.807) is 0 Å². The average molecular weight is 381 g/mol. The van der Waals surface area contributed by atoms with Gasteiger partial charge in [-0.2, -0.15) is 0 Å². The van der Waals surface area contributed by atoms with E-state index in [0.717, 1.165) is 37.1 Å². The summed E-state index contributed by atoms with van der Waals surface area (Å²) in [6.07, 6.45) is 3.29. The molecule has 1 aliphatic heterocycles. The van der Waals surface area contributed by atoms with Crippen molar-refractivity contribution in [3.05, 3.63) is 48.0 Å². The Bertz CT molecular complexity index is 735. The first-order valence-corrected chi connectivity index (χ1v) is 10.7. The highest BCUT2D eigenvalue weighted by molar-refractivity contribution is 5.61. The number of pyridine rings is 1. The van der Waals surface area contributed by atoms with E-state index in [-0.39, 0.29) is 0 Å². The van der Waals surface area contributed by atoms with Gasteiger partial charge in [0.15, 0.2) is 0 Å². The molecule has 4 N–H and O–H groups in total. The molecule has 2 aromatic rings. The van der Waals surface area contributed by atoms with E-state index in [4.69, 9.17) is 11.5 Å². The van der Waals surface area contributed by atoms with E-state index in [1.807, 2.05) is 18.2 Å². The highest BCUT2D eigenvalue weighted by Crippen LogP contribution is 2.31. The number of nitrogens with zero attached hydrogens (tertiary/aromatic N) is 2. The van der Waals surface area contributed by atoms with Crippen LogP contribution >= 0.6 is 0 Å². The minimum absolute atomic E-state index is 0.334. The Labute approximate surface area is 170 Å². The van der Waals surface area contributed by atoms with Gasteiger partial charge in [0.05, 0.1) is 5.69 Å². The van der Waals surface area contributed by atoms with Crippen molar-refractivity contribution in [1.29, 1.82) is 0 Å². The van der Waals surface area contributed by atoms with Crippen molar-refractivity contribution in [2.75, 3.05) is 12.3 Å². The molecular weight excluding hydrogens is 344 g/mol. The SMILES string of the molecule is CC(C)C1CC(N)CC(C(C)C)N1CCc1ccc(-c2cccc(N)n2)cc1. The molecule has 4 nitrogen and oxygen atoms in total. The van der Waals surface area contributed by atoms with Crippen LogP contribution in [0.2, 0.25) is 0 Å². The van der Waals surface area contributed by atoms with Crippen molar-refractivity contribution < 1.29 is 0 Å². The van der Waals surface area contributed by atoms with Gasteiger partial charge in [0.25, 0.3) is 0 Å². The number of aromatic nitrogens is 1.